The highest BCUT2D eigenvalue weighted by molar-refractivity contribution is 5.09. The van der Waals surface area contributed by atoms with E-state index in [2.05, 4.69) is 61.3 Å². The van der Waals surface area contributed by atoms with Crippen LogP contribution in [0.4, 0.5) is 0 Å². The van der Waals surface area contributed by atoms with Crippen LogP contribution < -0.4 is 42.5 Å². The number of fused-ring (bicyclic) bond motifs is 20. The minimum absolute atomic E-state index is 0.365. The summed E-state index contributed by atoms with van der Waals surface area (Å²) >= 11 is 0. The van der Waals surface area contributed by atoms with Crippen LogP contribution in [0.2, 0.25) is 0 Å². The maximum Gasteiger partial charge on any atom is 0.0631 e. The number of nitrogens with zero attached hydrogens (tertiary/aromatic N) is 1. The highest BCUT2D eigenvalue weighted by Gasteiger charge is 2.55. The molecule has 0 aromatic rings. The fraction of sp³-hybridized carbons (Fsp3) is 1.00. The molecule has 5 saturated heterocycles. The Morgan fingerprint density at radius 2 is 0.674 bits per heavy atom. The van der Waals surface area contributed by atoms with Gasteiger partial charge >= 0.3 is 0 Å². The minimum atomic E-state index is 0.365. The van der Waals surface area contributed by atoms with Gasteiger partial charge in [0, 0.05) is 6.54 Å². The molecule has 0 spiro atoms. The average molecular weight is 638 g/mol. The molecule has 5 heterocycles. The molecule has 0 aromatic heterocycles. The third-order valence-corrected chi connectivity index (χ3v) is 15.4. The molecule has 9 heteroatoms. The Hall–Kier alpha value is -0.360. The number of rotatable bonds is 4. The van der Waals surface area contributed by atoms with Crippen molar-refractivity contribution in [2.75, 3.05) is 19.6 Å². The van der Waals surface area contributed by atoms with Gasteiger partial charge in [-0.2, -0.15) is 0 Å². The third-order valence-electron chi connectivity index (χ3n) is 15.4. The summed E-state index contributed by atoms with van der Waals surface area (Å²) in [7, 11) is 0. The Morgan fingerprint density at radius 3 is 1.02 bits per heavy atom. The van der Waals surface area contributed by atoms with Gasteiger partial charge in [0.05, 0.1) is 49.3 Å². The smallest absolute Gasteiger partial charge is 0.0631 e. The van der Waals surface area contributed by atoms with Gasteiger partial charge in [-0.25, -0.2) is 0 Å². The number of hydrogen-bond acceptors (Lipinski definition) is 9. The van der Waals surface area contributed by atoms with Crippen LogP contribution in [0.25, 0.3) is 0 Å². The van der Waals surface area contributed by atoms with Crippen molar-refractivity contribution in [1.29, 1.82) is 0 Å². The van der Waals surface area contributed by atoms with Gasteiger partial charge in [-0.1, -0.05) is 58.8 Å². The van der Waals surface area contributed by atoms with Gasteiger partial charge in [0.1, 0.15) is 0 Å². The van der Waals surface area contributed by atoms with Gasteiger partial charge in [-0.3, -0.25) is 42.5 Å². The Kier molecular flexibility index (Phi) is 9.21. The minimum Gasteiger partial charge on any atom is -0.304 e. The normalized spacial score (nSPS) is 53.4. The van der Waals surface area contributed by atoms with Gasteiger partial charge in [-0.05, 0) is 118 Å². The highest BCUT2D eigenvalue weighted by Crippen LogP contribution is 2.47. The molecule has 9 aliphatic rings. The Balaban J connectivity index is 1.05. The monoisotopic (exact) mass is 638 g/mol. The van der Waals surface area contributed by atoms with E-state index in [-0.39, 0.29) is 0 Å². The van der Waals surface area contributed by atoms with Crippen LogP contribution in [-0.2, 0) is 0 Å². The van der Waals surface area contributed by atoms with E-state index < -0.39 is 0 Å². The van der Waals surface area contributed by atoms with Crippen molar-refractivity contribution in [2.45, 2.75) is 159 Å². The molecule has 9 nitrogen and oxygen atoms in total. The molecule has 0 aromatic carbocycles. The van der Waals surface area contributed by atoms with Gasteiger partial charge < -0.3 is 4.90 Å². The summed E-state index contributed by atoms with van der Waals surface area (Å²) in [5.74, 6) is 6.49. The molecular weight excluding hydrogens is 570 g/mol. The first kappa shape index (κ1) is 31.6. The summed E-state index contributed by atoms with van der Waals surface area (Å²) < 4.78 is 0. The fourth-order valence-corrected chi connectivity index (χ4v) is 13.2. The lowest BCUT2D eigenvalue weighted by molar-refractivity contribution is 0.0921. The molecule has 46 heavy (non-hydrogen) atoms. The molecule has 8 N–H and O–H groups in total. The number of nitrogens with one attached hydrogen (secondary N) is 8. The van der Waals surface area contributed by atoms with E-state index in [4.69, 9.17) is 0 Å². The van der Waals surface area contributed by atoms with Gasteiger partial charge in [0.25, 0.3) is 0 Å². The molecule has 9 rings (SSSR count). The van der Waals surface area contributed by atoms with E-state index in [0.29, 0.717) is 61.2 Å². The van der Waals surface area contributed by atoms with Crippen LogP contribution in [-0.4, -0.2) is 73.9 Å². The summed E-state index contributed by atoms with van der Waals surface area (Å²) in [4.78, 5) is 2.70. The molecule has 17 unspecified atom stereocenters. The second-order valence-electron chi connectivity index (χ2n) is 17.4. The third kappa shape index (κ3) is 5.64. The molecule has 4 saturated carbocycles. The van der Waals surface area contributed by atoms with Crippen LogP contribution in [0.1, 0.15) is 110 Å². The van der Waals surface area contributed by atoms with Crippen LogP contribution in [0, 0.1) is 53.3 Å². The second-order valence-corrected chi connectivity index (χ2v) is 17.4. The van der Waals surface area contributed by atoms with E-state index in [0.717, 1.165) is 41.4 Å². The van der Waals surface area contributed by atoms with E-state index in [1.54, 1.807) is 0 Å². The van der Waals surface area contributed by atoms with Gasteiger partial charge in [-0.15, -0.1) is 0 Å². The van der Waals surface area contributed by atoms with Crippen molar-refractivity contribution < 1.29 is 0 Å². The molecule has 0 radical (unpaired) electrons. The quantitative estimate of drug-likeness (QED) is 0.237. The van der Waals surface area contributed by atoms with Crippen molar-refractivity contribution in [2.24, 2.45) is 53.3 Å². The van der Waals surface area contributed by atoms with Crippen LogP contribution >= 0.6 is 0 Å². The Bertz CT molecular complexity index is 1040. The maximum absolute atomic E-state index is 4.38. The molecule has 260 valence electrons. The average Bonchev–Trinajstić information content (AvgIpc) is 3.83. The summed E-state index contributed by atoms with van der Waals surface area (Å²) in [5, 5.41) is 34.4. The lowest BCUT2D eigenvalue weighted by atomic mass is 9.71. The lowest BCUT2D eigenvalue weighted by Gasteiger charge is -2.41. The zero-order valence-corrected chi connectivity index (χ0v) is 29.0. The topological polar surface area (TPSA) is 99.5 Å². The molecule has 9 fully saturated rings. The largest absolute Gasteiger partial charge is 0.304 e. The molecule has 8 bridgehead atoms. The number of hydrogen-bond donors (Lipinski definition) is 8. The first-order valence-corrected chi connectivity index (χ1v) is 20.5. The van der Waals surface area contributed by atoms with Gasteiger partial charge in [0.15, 0.2) is 0 Å². The second kappa shape index (κ2) is 13.4. The van der Waals surface area contributed by atoms with Crippen LogP contribution in [0.15, 0.2) is 0 Å². The summed E-state index contributed by atoms with van der Waals surface area (Å²) in [6, 6.07) is 0. The molecular formula is C37H67N9. The molecule has 5 aliphatic heterocycles. The molecule has 17 atom stereocenters. The predicted molar refractivity (Wildman–Crippen MR) is 184 cm³/mol. The fourth-order valence-electron chi connectivity index (χ4n) is 13.2. The van der Waals surface area contributed by atoms with Crippen molar-refractivity contribution in [3.05, 3.63) is 0 Å². The summed E-state index contributed by atoms with van der Waals surface area (Å²) in [5.41, 5.74) is 0. The summed E-state index contributed by atoms with van der Waals surface area (Å²) in [6.07, 6.45) is 23.8. The van der Waals surface area contributed by atoms with Crippen LogP contribution in [0.5, 0.6) is 0 Å². The van der Waals surface area contributed by atoms with Gasteiger partial charge in [0.2, 0.25) is 0 Å². The molecule has 4 aliphatic carbocycles. The van der Waals surface area contributed by atoms with E-state index in [9.17, 15) is 0 Å². The standard InChI is InChI=1S/C37H67N9/c1-3-46(4-2)20-21-12-11-19-28-29(21)37-44-35-27-18-10-9-17-26(27)33(42-35)40-31-23-14-6-5-13-22(23)30(38-31)39-32-24-15-7-8-16-25(24)34(41-32)43-36(28)45-37/h21-45H,3-20H2,1-2H3. The SMILES string of the molecule is CCN(CC)CC1CCCC2C3NC4NC(NC5NC(NC6NC(NC(N3)C12)C1CCCCC61)C1CCCCC51)C1CCCCC41. The zero-order valence-electron chi connectivity index (χ0n) is 29.0. The Morgan fingerprint density at radius 1 is 0.370 bits per heavy atom. The van der Waals surface area contributed by atoms with E-state index in [1.807, 2.05) is 0 Å². The van der Waals surface area contributed by atoms with Crippen LogP contribution in [0.3, 0.4) is 0 Å². The van der Waals surface area contributed by atoms with E-state index >= 15 is 0 Å². The maximum atomic E-state index is 4.38. The first-order valence-electron chi connectivity index (χ1n) is 20.5. The van der Waals surface area contributed by atoms with Crippen molar-refractivity contribution in [1.82, 2.24) is 47.4 Å². The van der Waals surface area contributed by atoms with Crippen molar-refractivity contribution in [3.63, 3.8) is 0 Å². The highest BCUT2D eigenvalue weighted by atomic mass is 15.4. The Labute approximate surface area is 279 Å². The van der Waals surface area contributed by atoms with Crippen molar-refractivity contribution >= 4 is 0 Å². The predicted octanol–water partition coefficient (Wildman–Crippen LogP) is 3.17. The molecule has 0 amide bonds. The first-order chi connectivity index (χ1) is 22.7. The zero-order chi connectivity index (χ0) is 30.8. The van der Waals surface area contributed by atoms with E-state index in [1.165, 1.54) is 116 Å². The lowest BCUT2D eigenvalue weighted by Crippen LogP contribution is -2.62. The van der Waals surface area contributed by atoms with Crippen molar-refractivity contribution in [3.8, 4) is 0 Å². The summed E-state index contributed by atoms with van der Waals surface area (Å²) in [6.45, 7) is 8.30.